The number of aromatic nitrogens is 3. The summed E-state index contributed by atoms with van der Waals surface area (Å²) in [6, 6.07) is 13.7. The summed E-state index contributed by atoms with van der Waals surface area (Å²) >= 11 is 0. The maximum Gasteiger partial charge on any atom is 0.228 e. The van der Waals surface area contributed by atoms with Crippen LogP contribution in [0.5, 0.6) is 11.5 Å². The third-order valence-corrected chi connectivity index (χ3v) is 3.31. The summed E-state index contributed by atoms with van der Waals surface area (Å²) in [4.78, 5) is 14.9. The van der Waals surface area contributed by atoms with E-state index in [1.807, 2.05) is 14.1 Å². The maximum absolute atomic E-state index is 10.0. The van der Waals surface area contributed by atoms with E-state index in [0.29, 0.717) is 28.7 Å². The molecule has 6 heteroatoms. The second kappa shape index (κ2) is 5.92. The Morgan fingerprint density at radius 3 is 1.52 bits per heavy atom. The number of hydrogen-bond donors (Lipinski definition) is 2. The van der Waals surface area contributed by atoms with Gasteiger partial charge in [-0.2, -0.15) is 9.97 Å². The zero-order valence-corrected chi connectivity index (χ0v) is 12.8. The van der Waals surface area contributed by atoms with Crippen molar-refractivity contribution >= 4 is 5.95 Å². The van der Waals surface area contributed by atoms with Gasteiger partial charge in [0.1, 0.15) is 11.5 Å². The summed E-state index contributed by atoms with van der Waals surface area (Å²) in [5.41, 5.74) is 1.02. The van der Waals surface area contributed by atoms with Gasteiger partial charge in [0.05, 0.1) is 11.1 Å². The Balaban J connectivity index is 2.23. The molecule has 1 heterocycles. The first-order chi connectivity index (χ1) is 11.1. The molecule has 23 heavy (non-hydrogen) atoms. The van der Waals surface area contributed by atoms with Crippen molar-refractivity contribution in [1.82, 2.24) is 15.0 Å². The Kier molecular flexibility index (Phi) is 3.80. The molecule has 3 aromatic rings. The summed E-state index contributed by atoms with van der Waals surface area (Å²) in [6.45, 7) is 0. The van der Waals surface area contributed by atoms with Crippen molar-refractivity contribution in [1.29, 1.82) is 0 Å². The fourth-order valence-corrected chi connectivity index (χ4v) is 2.13. The van der Waals surface area contributed by atoms with Crippen LogP contribution in [0.25, 0.3) is 22.8 Å². The van der Waals surface area contributed by atoms with Crippen molar-refractivity contribution in [3.8, 4) is 34.3 Å². The summed E-state index contributed by atoms with van der Waals surface area (Å²) in [5, 5.41) is 20.1. The lowest BCUT2D eigenvalue weighted by molar-refractivity contribution is 0.477. The number of hydrogen-bond acceptors (Lipinski definition) is 6. The number of para-hydroxylation sites is 2. The van der Waals surface area contributed by atoms with Crippen LogP contribution in [-0.4, -0.2) is 39.3 Å². The van der Waals surface area contributed by atoms with Gasteiger partial charge in [-0.05, 0) is 24.3 Å². The second-order valence-electron chi connectivity index (χ2n) is 5.21. The Hall–Kier alpha value is -3.15. The number of rotatable bonds is 3. The minimum atomic E-state index is 0.0895. The smallest absolute Gasteiger partial charge is 0.228 e. The third-order valence-electron chi connectivity index (χ3n) is 3.31. The average molecular weight is 308 g/mol. The van der Waals surface area contributed by atoms with E-state index >= 15 is 0 Å². The van der Waals surface area contributed by atoms with Crippen molar-refractivity contribution in [2.24, 2.45) is 0 Å². The highest BCUT2D eigenvalue weighted by molar-refractivity contribution is 5.69. The van der Waals surface area contributed by atoms with E-state index in [9.17, 15) is 10.2 Å². The highest BCUT2D eigenvalue weighted by atomic mass is 16.3. The van der Waals surface area contributed by atoms with E-state index in [4.69, 9.17) is 0 Å². The monoisotopic (exact) mass is 308 g/mol. The lowest BCUT2D eigenvalue weighted by Crippen LogP contribution is -2.14. The predicted molar refractivity (Wildman–Crippen MR) is 88.4 cm³/mol. The van der Waals surface area contributed by atoms with Gasteiger partial charge < -0.3 is 15.1 Å². The number of aromatic hydroxyl groups is 2. The molecule has 3 rings (SSSR count). The molecule has 0 saturated carbocycles. The summed E-state index contributed by atoms with van der Waals surface area (Å²) in [7, 11) is 3.64. The van der Waals surface area contributed by atoms with Gasteiger partial charge in [0, 0.05) is 14.1 Å². The molecule has 0 bridgehead atoms. The molecular formula is C17H16N4O2. The normalized spacial score (nSPS) is 10.5. The Morgan fingerprint density at radius 1 is 0.696 bits per heavy atom. The van der Waals surface area contributed by atoms with E-state index in [0.717, 1.165) is 0 Å². The molecule has 2 aromatic carbocycles. The van der Waals surface area contributed by atoms with Crippen molar-refractivity contribution in [3.63, 3.8) is 0 Å². The molecule has 0 aliphatic rings. The zero-order valence-electron chi connectivity index (χ0n) is 12.8. The first-order valence-electron chi connectivity index (χ1n) is 7.06. The molecule has 0 amide bonds. The minimum Gasteiger partial charge on any atom is -0.507 e. The van der Waals surface area contributed by atoms with Crippen molar-refractivity contribution < 1.29 is 10.2 Å². The molecule has 0 radical (unpaired) electrons. The lowest BCUT2D eigenvalue weighted by atomic mass is 10.1. The van der Waals surface area contributed by atoms with E-state index in [1.54, 1.807) is 53.4 Å². The molecule has 116 valence electrons. The molecule has 0 unspecified atom stereocenters. The van der Waals surface area contributed by atoms with Crippen LogP contribution in [0.2, 0.25) is 0 Å². The van der Waals surface area contributed by atoms with Crippen LogP contribution in [0, 0.1) is 0 Å². The van der Waals surface area contributed by atoms with Crippen LogP contribution in [0.1, 0.15) is 0 Å². The third kappa shape index (κ3) is 2.91. The van der Waals surface area contributed by atoms with E-state index in [2.05, 4.69) is 15.0 Å². The van der Waals surface area contributed by atoms with E-state index in [1.165, 1.54) is 0 Å². The SMILES string of the molecule is CN(C)c1nc(-c2ccccc2O)nc(-c2ccccc2O)n1. The van der Waals surface area contributed by atoms with Gasteiger partial charge in [-0.3, -0.25) is 0 Å². The summed E-state index contributed by atoms with van der Waals surface area (Å²) in [5.74, 6) is 1.31. The Morgan fingerprint density at radius 2 is 1.13 bits per heavy atom. The van der Waals surface area contributed by atoms with Gasteiger partial charge in [-0.25, -0.2) is 4.98 Å². The Labute approximate surface area is 133 Å². The number of benzene rings is 2. The van der Waals surface area contributed by atoms with E-state index < -0.39 is 0 Å². The second-order valence-corrected chi connectivity index (χ2v) is 5.21. The van der Waals surface area contributed by atoms with Gasteiger partial charge in [-0.1, -0.05) is 24.3 Å². The van der Waals surface area contributed by atoms with Gasteiger partial charge in [0.15, 0.2) is 11.6 Å². The van der Waals surface area contributed by atoms with Crippen LogP contribution < -0.4 is 4.90 Å². The molecule has 0 atom stereocenters. The molecular weight excluding hydrogens is 292 g/mol. The highest BCUT2D eigenvalue weighted by Gasteiger charge is 2.15. The molecule has 0 aliphatic carbocycles. The van der Waals surface area contributed by atoms with Crippen molar-refractivity contribution in [3.05, 3.63) is 48.5 Å². The molecule has 6 nitrogen and oxygen atoms in total. The Bertz CT molecular complexity index is 786. The molecule has 0 fully saturated rings. The largest absolute Gasteiger partial charge is 0.507 e. The zero-order chi connectivity index (χ0) is 16.4. The molecule has 0 saturated heterocycles. The van der Waals surface area contributed by atoms with Gasteiger partial charge >= 0.3 is 0 Å². The van der Waals surface area contributed by atoms with Gasteiger partial charge in [0.2, 0.25) is 5.95 Å². The molecule has 2 N–H and O–H groups in total. The number of anilines is 1. The van der Waals surface area contributed by atoms with Gasteiger partial charge in [-0.15, -0.1) is 0 Å². The first-order valence-corrected chi connectivity index (χ1v) is 7.06. The predicted octanol–water partition coefficient (Wildman–Crippen LogP) is 2.68. The average Bonchev–Trinajstić information content (AvgIpc) is 2.55. The highest BCUT2D eigenvalue weighted by Crippen LogP contribution is 2.31. The summed E-state index contributed by atoms with van der Waals surface area (Å²) in [6.07, 6.45) is 0. The number of nitrogens with zero attached hydrogens (tertiary/aromatic N) is 4. The fraction of sp³-hybridized carbons (Fsp3) is 0.118. The molecule has 1 aromatic heterocycles. The maximum atomic E-state index is 10.0. The van der Waals surface area contributed by atoms with Crippen molar-refractivity contribution in [2.75, 3.05) is 19.0 Å². The van der Waals surface area contributed by atoms with E-state index in [-0.39, 0.29) is 11.5 Å². The van der Waals surface area contributed by atoms with Crippen LogP contribution in [0.15, 0.2) is 48.5 Å². The first kappa shape index (κ1) is 14.8. The van der Waals surface area contributed by atoms with Crippen LogP contribution in [-0.2, 0) is 0 Å². The molecule has 0 aliphatic heterocycles. The summed E-state index contributed by atoms with van der Waals surface area (Å²) < 4.78 is 0. The molecule has 0 spiro atoms. The lowest BCUT2D eigenvalue weighted by Gasteiger charge is -2.14. The minimum absolute atomic E-state index is 0.0895. The number of phenols is 2. The quantitative estimate of drug-likeness (QED) is 0.774. The van der Waals surface area contributed by atoms with Crippen LogP contribution in [0.3, 0.4) is 0 Å². The fourth-order valence-electron chi connectivity index (χ4n) is 2.13. The number of phenolic OH excluding ortho intramolecular Hbond substituents is 2. The van der Waals surface area contributed by atoms with Crippen LogP contribution in [0.4, 0.5) is 5.95 Å². The van der Waals surface area contributed by atoms with Gasteiger partial charge in [0.25, 0.3) is 0 Å². The topological polar surface area (TPSA) is 82.4 Å². The standard InChI is InChI=1S/C17H16N4O2/c1-21(2)17-19-15(11-7-3-5-9-13(11)22)18-16(20-17)12-8-4-6-10-14(12)23/h3-10,22-23H,1-2H3. The van der Waals surface area contributed by atoms with Crippen molar-refractivity contribution in [2.45, 2.75) is 0 Å². The van der Waals surface area contributed by atoms with Crippen LogP contribution >= 0.6 is 0 Å².